The second kappa shape index (κ2) is 9.16. The van der Waals surface area contributed by atoms with Crippen LogP contribution in [0, 0.1) is 0 Å². The van der Waals surface area contributed by atoms with Gasteiger partial charge in [0.15, 0.2) is 16.6 Å². The zero-order valence-corrected chi connectivity index (χ0v) is 24.1. The quantitative estimate of drug-likeness (QED) is 0.447. The third-order valence-electron chi connectivity index (χ3n) is 7.36. The summed E-state index contributed by atoms with van der Waals surface area (Å²) < 4.78 is 25.5. The summed E-state index contributed by atoms with van der Waals surface area (Å²) in [4.78, 5) is 0. The van der Waals surface area contributed by atoms with Crippen LogP contribution in [-0.4, -0.2) is 47.2 Å². The molecular weight excluding hydrogens is 436 g/mol. The Morgan fingerprint density at radius 3 is 1.94 bits per heavy atom. The summed E-state index contributed by atoms with van der Waals surface area (Å²) in [6, 6.07) is 5.16. The lowest BCUT2D eigenvalue weighted by Gasteiger charge is -2.47. The van der Waals surface area contributed by atoms with Crippen molar-refractivity contribution in [3.05, 3.63) is 29.8 Å². The minimum Gasteiger partial charge on any atom is -0.507 e. The van der Waals surface area contributed by atoms with E-state index in [0.29, 0.717) is 17.1 Å². The van der Waals surface area contributed by atoms with E-state index in [-0.39, 0.29) is 34.1 Å². The smallest absolute Gasteiger partial charge is 0.193 e. The van der Waals surface area contributed by atoms with Crippen LogP contribution in [0.5, 0.6) is 11.5 Å². The molecule has 0 spiro atoms. The lowest BCUT2D eigenvalue weighted by atomic mass is 10.0. The van der Waals surface area contributed by atoms with Crippen molar-refractivity contribution in [1.82, 2.24) is 0 Å². The van der Waals surface area contributed by atoms with Crippen molar-refractivity contribution in [2.75, 3.05) is 7.11 Å². The number of hydrogen-bond acceptors (Lipinski definition) is 5. The normalized spacial score (nSPS) is 22.9. The number of hydrogen-bond donors (Lipinski definition) is 1. The van der Waals surface area contributed by atoms with Crippen molar-refractivity contribution in [2.45, 2.75) is 103 Å². The monoisotopic (exact) mass is 480 g/mol. The third-order valence-corrected chi connectivity index (χ3v) is 16.3. The van der Waals surface area contributed by atoms with Gasteiger partial charge in [0.05, 0.1) is 18.8 Å². The van der Waals surface area contributed by atoms with E-state index >= 15 is 0 Å². The molecule has 1 N–H and O–H groups in total. The molecule has 7 heteroatoms. The van der Waals surface area contributed by atoms with Crippen LogP contribution in [0.4, 0.5) is 0 Å². The summed E-state index contributed by atoms with van der Waals surface area (Å²) in [7, 11) is -2.55. The van der Waals surface area contributed by atoms with E-state index in [1.165, 1.54) is 0 Å². The van der Waals surface area contributed by atoms with Crippen molar-refractivity contribution >= 4 is 22.4 Å². The molecule has 5 nitrogen and oxygen atoms in total. The van der Waals surface area contributed by atoms with Gasteiger partial charge in [0.2, 0.25) is 0 Å². The van der Waals surface area contributed by atoms with Crippen LogP contribution in [0.3, 0.4) is 0 Å². The van der Waals surface area contributed by atoms with Gasteiger partial charge in [-0.25, -0.2) is 0 Å². The molecule has 1 aromatic carbocycles. The number of benzene rings is 1. The molecule has 0 fully saturated rings. The fourth-order valence-corrected chi connectivity index (χ4v) is 5.70. The molecule has 2 rings (SSSR count). The number of aromatic hydroxyl groups is 1. The first-order chi connectivity index (χ1) is 14.4. The van der Waals surface area contributed by atoms with Gasteiger partial charge >= 0.3 is 0 Å². The van der Waals surface area contributed by atoms with E-state index in [1.807, 2.05) is 13.0 Å². The topological polar surface area (TPSA) is 57.2 Å². The Hall–Kier alpha value is -1.29. The second-order valence-electron chi connectivity index (χ2n) is 11.9. The summed E-state index contributed by atoms with van der Waals surface area (Å²) in [5.74, 6) is 1.42. The van der Waals surface area contributed by atoms with Gasteiger partial charge in [0.1, 0.15) is 29.5 Å². The summed E-state index contributed by atoms with van der Waals surface area (Å²) in [5, 5.41) is 10.7. The summed E-state index contributed by atoms with van der Waals surface area (Å²) >= 11 is 0. The Bertz CT molecular complexity index is 834. The molecule has 0 amide bonds. The Kier molecular flexibility index (Phi) is 7.72. The van der Waals surface area contributed by atoms with Crippen LogP contribution >= 0.6 is 0 Å². The van der Waals surface area contributed by atoms with Crippen molar-refractivity contribution in [2.24, 2.45) is 0 Å². The molecule has 0 aromatic heterocycles. The summed E-state index contributed by atoms with van der Waals surface area (Å²) in [5.41, 5.74) is 0.603. The van der Waals surface area contributed by atoms with Gasteiger partial charge in [-0.2, -0.15) is 0 Å². The Morgan fingerprint density at radius 2 is 1.44 bits per heavy atom. The molecular formula is C25H44O5Si2. The average Bonchev–Trinajstić information content (AvgIpc) is 2.62. The fourth-order valence-electron chi connectivity index (χ4n) is 3.11. The Morgan fingerprint density at radius 1 is 0.906 bits per heavy atom. The Balaban J connectivity index is 2.54. The lowest BCUT2D eigenvalue weighted by Crippen LogP contribution is -2.55. The van der Waals surface area contributed by atoms with E-state index in [0.717, 1.165) is 0 Å². The fraction of sp³-hybridized carbons (Fsp3) is 0.680. The van der Waals surface area contributed by atoms with E-state index < -0.39 is 16.6 Å². The minimum absolute atomic E-state index is 0.0577. The molecule has 1 heterocycles. The number of phenols is 1. The van der Waals surface area contributed by atoms with Gasteiger partial charge < -0.3 is 23.4 Å². The number of rotatable bonds is 6. The summed E-state index contributed by atoms with van der Waals surface area (Å²) in [6.45, 7) is 24.5. The van der Waals surface area contributed by atoms with E-state index in [2.05, 4.69) is 67.7 Å². The number of phenolic OH excluding ortho intramolecular Hbond substituents is 1. The molecule has 0 radical (unpaired) electrons. The van der Waals surface area contributed by atoms with Crippen LogP contribution in [0.25, 0.3) is 5.76 Å². The van der Waals surface area contributed by atoms with Crippen molar-refractivity contribution in [3.8, 4) is 11.5 Å². The van der Waals surface area contributed by atoms with Crippen molar-refractivity contribution in [3.63, 3.8) is 0 Å². The van der Waals surface area contributed by atoms with Gasteiger partial charge in [-0.05, 0) is 67.5 Å². The molecule has 3 atom stereocenters. The maximum Gasteiger partial charge on any atom is 0.193 e. The van der Waals surface area contributed by atoms with Crippen LogP contribution in [0.2, 0.25) is 36.3 Å². The molecule has 0 bridgehead atoms. The predicted octanol–water partition coefficient (Wildman–Crippen LogP) is 6.94. The van der Waals surface area contributed by atoms with Gasteiger partial charge in [0.25, 0.3) is 0 Å². The first-order valence-electron chi connectivity index (χ1n) is 11.5. The number of methoxy groups -OCH3 is 1. The maximum atomic E-state index is 10.5. The van der Waals surface area contributed by atoms with E-state index in [4.69, 9.17) is 18.3 Å². The highest BCUT2D eigenvalue weighted by Crippen LogP contribution is 2.44. The minimum atomic E-state index is -2.10. The molecule has 0 aliphatic carbocycles. The molecule has 0 saturated carbocycles. The van der Waals surface area contributed by atoms with Crippen molar-refractivity contribution < 1.29 is 23.4 Å². The SMILES string of the molecule is COc1ccc(O)c(C2=C[C@H](O[Si](C)(C)C(C)(C)C)[C@@H](O[Si](C)(C)C(C)(C)C)[C@H](C)O2)c1. The highest BCUT2D eigenvalue weighted by atomic mass is 28.4. The maximum absolute atomic E-state index is 10.5. The molecule has 0 unspecified atom stereocenters. The highest BCUT2D eigenvalue weighted by Gasteiger charge is 2.47. The molecule has 1 aromatic rings. The first kappa shape index (κ1) is 27.0. The van der Waals surface area contributed by atoms with Crippen LogP contribution in [0.1, 0.15) is 54.0 Å². The second-order valence-corrected chi connectivity index (χ2v) is 21.4. The highest BCUT2D eigenvalue weighted by molar-refractivity contribution is 6.74. The largest absolute Gasteiger partial charge is 0.507 e. The molecule has 1 aliphatic heterocycles. The average molecular weight is 481 g/mol. The van der Waals surface area contributed by atoms with E-state index in [9.17, 15) is 5.11 Å². The zero-order valence-electron chi connectivity index (χ0n) is 22.1. The predicted molar refractivity (Wildman–Crippen MR) is 137 cm³/mol. The van der Waals surface area contributed by atoms with Gasteiger partial charge in [0, 0.05) is 0 Å². The zero-order chi connectivity index (χ0) is 24.7. The molecule has 1 aliphatic rings. The van der Waals surface area contributed by atoms with Crippen LogP contribution in [0.15, 0.2) is 24.3 Å². The van der Waals surface area contributed by atoms with Gasteiger partial charge in [-0.3, -0.25) is 0 Å². The first-order valence-corrected chi connectivity index (χ1v) is 17.3. The third kappa shape index (κ3) is 5.79. The molecule has 32 heavy (non-hydrogen) atoms. The standard InChI is InChI=1S/C25H44O5Si2/c1-17-23(30-32(11,12)25(5,6)7)22(29-31(9,10)24(2,3)4)16-21(28-17)19-15-18(27-8)13-14-20(19)26/h13-17,22-23,26H,1-12H3/t17-,22-,23-/m0/s1. The number of ether oxygens (including phenoxy) is 2. The Labute approximate surface area is 197 Å². The molecule has 182 valence electrons. The van der Waals surface area contributed by atoms with Crippen molar-refractivity contribution in [1.29, 1.82) is 0 Å². The van der Waals surface area contributed by atoms with Crippen LogP contribution in [-0.2, 0) is 13.6 Å². The van der Waals surface area contributed by atoms with E-state index in [1.54, 1.807) is 25.3 Å². The van der Waals surface area contributed by atoms with Crippen LogP contribution < -0.4 is 4.74 Å². The summed E-state index contributed by atoms with van der Waals surface area (Å²) in [6.07, 6.45) is 1.27. The lowest BCUT2D eigenvalue weighted by molar-refractivity contribution is -0.0332. The van der Waals surface area contributed by atoms with Gasteiger partial charge in [-0.15, -0.1) is 0 Å². The van der Waals surface area contributed by atoms with Gasteiger partial charge in [-0.1, -0.05) is 41.5 Å². The molecule has 0 saturated heterocycles.